The Morgan fingerprint density at radius 2 is 2.13 bits per heavy atom. The standard InChI is InChI=1S/C19H25N3O/c1-19(2,21-17(23)13-15-8-6-12-22(15)3)18-16-9-5-4-7-14(16)10-11-20-18/h4-5,7,9-11,15H,6,8,12-13H2,1-3H3,(H,21,23)/t15-/m0/s1. The first-order valence-corrected chi connectivity index (χ1v) is 8.33. The van der Waals surface area contributed by atoms with Crippen LogP contribution in [-0.4, -0.2) is 35.4 Å². The Morgan fingerprint density at radius 3 is 2.87 bits per heavy atom. The topological polar surface area (TPSA) is 45.2 Å². The summed E-state index contributed by atoms with van der Waals surface area (Å²) < 4.78 is 0. The quantitative estimate of drug-likeness (QED) is 0.944. The average Bonchev–Trinajstić information content (AvgIpc) is 2.91. The number of aromatic nitrogens is 1. The molecule has 0 bridgehead atoms. The highest BCUT2D eigenvalue weighted by Gasteiger charge is 2.29. The number of likely N-dealkylation sites (tertiary alicyclic amines) is 1. The number of nitrogens with zero attached hydrogens (tertiary/aromatic N) is 2. The summed E-state index contributed by atoms with van der Waals surface area (Å²) in [7, 11) is 2.10. The van der Waals surface area contributed by atoms with Crippen molar-refractivity contribution >= 4 is 16.7 Å². The molecule has 4 heteroatoms. The molecule has 0 aliphatic carbocycles. The fourth-order valence-corrected chi connectivity index (χ4v) is 3.53. The van der Waals surface area contributed by atoms with Crippen LogP contribution in [0.4, 0.5) is 0 Å². The van der Waals surface area contributed by atoms with Gasteiger partial charge in [0.25, 0.3) is 0 Å². The summed E-state index contributed by atoms with van der Waals surface area (Å²) in [6.45, 7) is 5.14. The van der Waals surface area contributed by atoms with E-state index in [1.54, 1.807) is 0 Å². The fourth-order valence-electron chi connectivity index (χ4n) is 3.53. The minimum atomic E-state index is -0.491. The monoisotopic (exact) mass is 311 g/mol. The van der Waals surface area contributed by atoms with E-state index in [1.807, 2.05) is 38.2 Å². The van der Waals surface area contributed by atoms with Crippen molar-refractivity contribution in [2.24, 2.45) is 0 Å². The van der Waals surface area contributed by atoms with Gasteiger partial charge in [-0.2, -0.15) is 0 Å². The Labute approximate surface area is 137 Å². The van der Waals surface area contributed by atoms with Crippen LogP contribution in [0.3, 0.4) is 0 Å². The summed E-state index contributed by atoms with van der Waals surface area (Å²) in [4.78, 5) is 19.3. The van der Waals surface area contributed by atoms with Crippen LogP contribution in [0.25, 0.3) is 10.8 Å². The molecule has 1 aliphatic rings. The molecule has 122 valence electrons. The minimum absolute atomic E-state index is 0.100. The third-order valence-electron chi connectivity index (χ3n) is 4.81. The number of amides is 1. The van der Waals surface area contributed by atoms with Crippen LogP contribution in [-0.2, 0) is 10.3 Å². The molecule has 3 rings (SSSR count). The number of hydrogen-bond donors (Lipinski definition) is 1. The zero-order valence-corrected chi connectivity index (χ0v) is 14.2. The molecular weight excluding hydrogens is 286 g/mol. The van der Waals surface area contributed by atoms with Crippen molar-refractivity contribution in [2.45, 2.75) is 44.7 Å². The highest BCUT2D eigenvalue weighted by atomic mass is 16.1. The summed E-state index contributed by atoms with van der Waals surface area (Å²) in [5.41, 5.74) is 0.429. The Morgan fingerprint density at radius 1 is 1.35 bits per heavy atom. The number of rotatable bonds is 4. The van der Waals surface area contributed by atoms with Crippen LogP contribution in [0, 0.1) is 0 Å². The molecule has 2 aromatic rings. The van der Waals surface area contributed by atoms with Crippen molar-refractivity contribution < 1.29 is 4.79 Å². The maximum Gasteiger partial charge on any atom is 0.222 e. The van der Waals surface area contributed by atoms with Gasteiger partial charge >= 0.3 is 0 Å². The summed E-state index contributed by atoms with van der Waals surface area (Å²) in [6.07, 6.45) is 4.67. The van der Waals surface area contributed by atoms with Gasteiger partial charge in [0.05, 0.1) is 11.2 Å². The molecule has 1 saturated heterocycles. The Kier molecular flexibility index (Phi) is 4.35. The number of hydrogen-bond acceptors (Lipinski definition) is 3. The molecule has 1 aromatic heterocycles. The van der Waals surface area contributed by atoms with Crippen molar-refractivity contribution in [3.63, 3.8) is 0 Å². The van der Waals surface area contributed by atoms with Crippen LogP contribution in [0.1, 0.15) is 38.8 Å². The van der Waals surface area contributed by atoms with Gasteiger partial charge in [0.2, 0.25) is 5.91 Å². The van der Waals surface area contributed by atoms with Crippen LogP contribution in [0.2, 0.25) is 0 Å². The molecule has 1 atom stereocenters. The minimum Gasteiger partial charge on any atom is -0.346 e. The lowest BCUT2D eigenvalue weighted by molar-refractivity contribution is -0.123. The van der Waals surface area contributed by atoms with Gasteiger partial charge in [0.1, 0.15) is 0 Å². The maximum atomic E-state index is 12.5. The third kappa shape index (κ3) is 3.37. The molecule has 1 aliphatic heterocycles. The zero-order valence-electron chi connectivity index (χ0n) is 14.2. The van der Waals surface area contributed by atoms with Crippen molar-refractivity contribution in [3.05, 3.63) is 42.2 Å². The van der Waals surface area contributed by atoms with E-state index in [9.17, 15) is 4.79 Å². The largest absolute Gasteiger partial charge is 0.346 e. The average molecular weight is 311 g/mol. The fraction of sp³-hybridized carbons (Fsp3) is 0.474. The van der Waals surface area contributed by atoms with E-state index in [0.717, 1.165) is 29.4 Å². The van der Waals surface area contributed by atoms with Gasteiger partial charge in [-0.15, -0.1) is 0 Å². The van der Waals surface area contributed by atoms with Crippen molar-refractivity contribution in [3.8, 4) is 0 Å². The number of carbonyl (C=O) groups excluding carboxylic acids is 1. The van der Waals surface area contributed by atoms with Gasteiger partial charge in [-0.3, -0.25) is 9.78 Å². The summed E-state index contributed by atoms with van der Waals surface area (Å²) in [5.74, 6) is 0.100. The number of pyridine rings is 1. The predicted octanol–water partition coefficient (Wildman–Crippen LogP) is 3.07. The van der Waals surface area contributed by atoms with E-state index >= 15 is 0 Å². The smallest absolute Gasteiger partial charge is 0.222 e. The number of benzene rings is 1. The number of carbonyl (C=O) groups is 1. The van der Waals surface area contributed by atoms with Crippen LogP contribution in [0.5, 0.6) is 0 Å². The lowest BCUT2D eigenvalue weighted by atomic mass is 9.94. The highest BCUT2D eigenvalue weighted by molar-refractivity contribution is 5.86. The van der Waals surface area contributed by atoms with Crippen molar-refractivity contribution in [1.29, 1.82) is 0 Å². The van der Waals surface area contributed by atoms with Crippen LogP contribution in [0.15, 0.2) is 36.5 Å². The highest BCUT2D eigenvalue weighted by Crippen LogP contribution is 2.27. The molecule has 23 heavy (non-hydrogen) atoms. The second-order valence-electron chi connectivity index (χ2n) is 7.03. The van der Waals surface area contributed by atoms with E-state index in [0.29, 0.717) is 12.5 Å². The molecule has 0 spiro atoms. The second-order valence-corrected chi connectivity index (χ2v) is 7.03. The lowest BCUT2D eigenvalue weighted by Gasteiger charge is -2.28. The first kappa shape index (κ1) is 15.9. The van der Waals surface area contributed by atoms with Gasteiger partial charge in [0.15, 0.2) is 0 Å². The normalized spacial score (nSPS) is 19.2. The molecule has 1 fully saturated rings. The molecule has 1 N–H and O–H groups in total. The van der Waals surface area contributed by atoms with E-state index in [-0.39, 0.29) is 5.91 Å². The molecular formula is C19H25N3O. The van der Waals surface area contributed by atoms with E-state index in [2.05, 4.69) is 34.4 Å². The van der Waals surface area contributed by atoms with Crippen LogP contribution >= 0.6 is 0 Å². The number of nitrogens with one attached hydrogen (secondary N) is 1. The Hall–Kier alpha value is -1.94. The lowest BCUT2D eigenvalue weighted by Crippen LogP contribution is -2.44. The van der Waals surface area contributed by atoms with Gasteiger partial charge < -0.3 is 10.2 Å². The molecule has 0 unspecified atom stereocenters. The molecule has 1 amide bonds. The molecule has 1 aromatic carbocycles. The van der Waals surface area contributed by atoms with E-state index in [4.69, 9.17) is 0 Å². The third-order valence-corrected chi connectivity index (χ3v) is 4.81. The van der Waals surface area contributed by atoms with Gasteiger partial charge in [-0.05, 0) is 51.7 Å². The van der Waals surface area contributed by atoms with Crippen molar-refractivity contribution in [2.75, 3.05) is 13.6 Å². The first-order chi connectivity index (χ1) is 11.0. The van der Waals surface area contributed by atoms with Crippen LogP contribution < -0.4 is 5.32 Å². The van der Waals surface area contributed by atoms with Gasteiger partial charge in [-0.25, -0.2) is 0 Å². The summed E-state index contributed by atoms with van der Waals surface area (Å²) in [6, 6.07) is 10.5. The van der Waals surface area contributed by atoms with Crippen molar-refractivity contribution in [1.82, 2.24) is 15.2 Å². The Balaban J connectivity index is 1.79. The first-order valence-electron chi connectivity index (χ1n) is 8.33. The zero-order chi connectivity index (χ0) is 16.4. The molecule has 0 radical (unpaired) electrons. The van der Waals surface area contributed by atoms with Gasteiger partial charge in [0, 0.05) is 24.0 Å². The molecule has 2 heterocycles. The summed E-state index contributed by atoms with van der Waals surface area (Å²) in [5, 5.41) is 5.43. The van der Waals surface area contributed by atoms with Gasteiger partial charge in [-0.1, -0.05) is 24.3 Å². The SMILES string of the molecule is CN1CCC[C@H]1CC(=O)NC(C)(C)c1nccc2ccccc12. The number of fused-ring (bicyclic) bond motifs is 1. The second kappa shape index (κ2) is 6.28. The molecule has 0 saturated carbocycles. The molecule has 4 nitrogen and oxygen atoms in total. The van der Waals surface area contributed by atoms with E-state index < -0.39 is 5.54 Å². The van der Waals surface area contributed by atoms with E-state index in [1.165, 1.54) is 6.42 Å². The maximum absolute atomic E-state index is 12.5. The Bertz CT molecular complexity index is 705. The summed E-state index contributed by atoms with van der Waals surface area (Å²) >= 11 is 0. The predicted molar refractivity (Wildman–Crippen MR) is 93.2 cm³/mol.